The SMILES string of the molecule is CCC(COCc1cccc(OC)c1)OC(=O)NCc1ccccc1. The van der Waals surface area contributed by atoms with E-state index in [1.807, 2.05) is 61.5 Å². The molecule has 0 radical (unpaired) electrons. The molecule has 5 heteroatoms. The second-order valence-electron chi connectivity index (χ2n) is 5.64. The topological polar surface area (TPSA) is 56.8 Å². The number of rotatable bonds is 9. The van der Waals surface area contributed by atoms with Crippen LogP contribution in [0.3, 0.4) is 0 Å². The highest BCUT2D eigenvalue weighted by Gasteiger charge is 2.12. The van der Waals surface area contributed by atoms with Crippen LogP contribution in [0.25, 0.3) is 0 Å². The minimum Gasteiger partial charge on any atom is -0.497 e. The molecule has 1 N–H and O–H groups in total. The molecule has 0 aliphatic carbocycles. The molecule has 0 spiro atoms. The van der Waals surface area contributed by atoms with Gasteiger partial charge in [0.05, 0.1) is 20.3 Å². The number of amides is 1. The van der Waals surface area contributed by atoms with Crippen molar-refractivity contribution >= 4 is 6.09 Å². The lowest BCUT2D eigenvalue weighted by molar-refractivity contribution is 0.0117. The van der Waals surface area contributed by atoms with E-state index >= 15 is 0 Å². The van der Waals surface area contributed by atoms with Crippen molar-refractivity contribution < 1.29 is 19.0 Å². The van der Waals surface area contributed by atoms with Crippen molar-refractivity contribution in [2.24, 2.45) is 0 Å². The summed E-state index contributed by atoms with van der Waals surface area (Å²) in [6.07, 6.45) is -0.0151. The maximum Gasteiger partial charge on any atom is 0.407 e. The van der Waals surface area contributed by atoms with Crippen molar-refractivity contribution in [1.82, 2.24) is 5.32 Å². The van der Waals surface area contributed by atoms with Crippen LogP contribution in [0.15, 0.2) is 54.6 Å². The van der Waals surface area contributed by atoms with Gasteiger partial charge in [-0.2, -0.15) is 0 Å². The fourth-order valence-electron chi connectivity index (χ4n) is 2.27. The Bertz CT molecular complexity index is 645. The molecule has 0 bridgehead atoms. The standard InChI is InChI=1S/C20H25NO4/c1-3-18(15-24-14-17-10-7-11-19(12-17)23-2)25-20(22)21-13-16-8-5-4-6-9-16/h4-12,18H,3,13-15H2,1-2H3,(H,21,22). The van der Waals surface area contributed by atoms with Crippen molar-refractivity contribution in [2.75, 3.05) is 13.7 Å². The summed E-state index contributed by atoms with van der Waals surface area (Å²) in [4.78, 5) is 11.9. The fourth-order valence-corrected chi connectivity index (χ4v) is 2.27. The molecule has 0 fully saturated rings. The van der Waals surface area contributed by atoms with Gasteiger partial charge in [-0.3, -0.25) is 0 Å². The van der Waals surface area contributed by atoms with Gasteiger partial charge >= 0.3 is 6.09 Å². The van der Waals surface area contributed by atoms with Gasteiger partial charge in [0.2, 0.25) is 0 Å². The summed E-state index contributed by atoms with van der Waals surface area (Å²) in [7, 11) is 1.63. The van der Waals surface area contributed by atoms with E-state index in [1.54, 1.807) is 7.11 Å². The van der Waals surface area contributed by atoms with Crippen molar-refractivity contribution in [2.45, 2.75) is 32.6 Å². The Morgan fingerprint density at radius 3 is 2.56 bits per heavy atom. The number of hydrogen-bond donors (Lipinski definition) is 1. The van der Waals surface area contributed by atoms with Crippen LogP contribution in [-0.2, 0) is 22.6 Å². The third kappa shape index (κ3) is 6.85. The third-order valence-corrected chi connectivity index (χ3v) is 3.72. The van der Waals surface area contributed by atoms with Crippen LogP contribution in [0.4, 0.5) is 4.79 Å². The number of carbonyl (C=O) groups excluding carboxylic acids is 1. The number of methoxy groups -OCH3 is 1. The summed E-state index contributed by atoms with van der Waals surface area (Å²) in [5.41, 5.74) is 2.05. The van der Waals surface area contributed by atoms with Gasteiger partial charge in [0.15, 0.2) is 0 Å². The number of nitrogens with one attached hydrogen (secondary N) is 1. The molecule has 0 saturated carbocycles. The summed E-state index contributed by atoms with van der Waals surface area (Å²) < 4.78 is 16.3. The predicted molar refractivity (Wildman–Crippen MR) is 96.5 cm³/mol. The first-order chi connectivity index (χ1) is 12.2. The number of alkyl carbamates (subject to hydrolysis) is 1. The molecule has 1 atom stereocenters. The van der Waals surface area contributed by atoms with Gasteiger partial charge < -0.3 is 19.5 Å². The molecule has 25 heavy (non-hydrogen) atoms. The third-order valence-electron chi connectivity index (χ3n) is 3.72. The molecule has 1 unspecified atom stereocenters. The van der Waals surface area contributed by atoms with Crippen LogP contribution in [0.5, 0.6) is 5.75 Å². The van der Waals surface area contributed by atoms with Gasteiger partial charge in [-0.25, -0.2) is 4.79 Å². The van der Waals surface area contributed by atoms with Crippen LogP contribution in [0.1, 0.15) is 24.5 Å². The van der Waals surface area contributed by atoms with Crippen molar-refractivity contribution in [3.63, 3.8) is 0 Å². The quantitative estimate of drug-likeness (QED) is 0.750. The highest BCUT2D eigenvalue weighted by molar-refractivity contribution is 5.67. The number of benzene rings is 2. The van der Waals surface area contributed by atoms with Gasteiger partial charge in [0.25, 0.3) is 0 Å². The Balaban J connectivity index is 1.71. The Hall–Kier alpha value is -2.53. The van der Waals surface area contributed by atoms with E-state index < -0.39 is 6.09 Å². The molecule has 0 aliphatic heterocycles. The molecule has 1 amide bonds. The molecular formula is C20H25NO4. The zero-order chi connectivity index (χ0) is 17.9. The van der Waals surface area contributed by atoms with Gasteiger partial charge in [-0.15, -0.1) is 0 Å². The maximum absolute atomic E-state index is 11.9. The van der Waals surface area contributed by atoms with Gasteiger partial charge in [-0.1, -0.05) is 49.4 Å². The van der Waals surface area contributed by atoms with E-state index in [9.17, 15) is 4.79 Å². The Morgan fingerprint density at radius 2 is 1.84 bits per heavy atom. The molecule has 2 rings (SSSR count). The number of hydrogen-bond acceptors (Lipinski definition) is 4. The van der Waals surface area contributed by atoms with Gasteiger partial charge in [0.1, 0.15) is 11.9 Å². The lowest BCUT2D eigenvalue weighted by Crippen LogP contribution is -2.30. The smallest absolute Gasteiger partial charge is 0.407 e. The van der Waals surface area contributed by atoms with Crippen molar-refractivity contribution in [3.8, 4) is 5.75 Å². The summed E-state index contributed by atoms with van der Waals surface area (Å²) in [6.45, 7) is 3.21. The van der Waals surface area contributed by atoms with E-state index in [2.05, 4.69) is 5.32 Å². The summed E-state index contributed by atoms with van der Waals surface area (Å²) in [5, 5.41) is 2.75. The largest absolute Gasteiger partial charge is 0.497 e. The van der Waals surface area contributed by atoms with E-state index in [0.717, 1.165) is 16.9 Å². The van der Waals surface area contributed by atoms with E-state index in [0.29, 0.717) is 26.2 Å². The lowest BCUT2D eigenvalue weighted by Gasteiger charge is -2.17. The minimum absolute atomic E-state index is 0.276. The first kappa shape index (κ1) is 18.8. The van der Waals surface area contributed by atoms with Gasteiger partial charge in [-0.05, 0) is 29.7 Å². The minimum atomic E-state index is -0.430. The van der Waals surface area contributed by atoms with Crippen LogP contribution in [0.2, 0.25) is 0 Å². The molecule has 0 aromatic heterocycles. The van der Waals surface area contributed by atoms with Crippen molar-refractivity contribution in [3.05, 3.63) is 65.7 Å². The Morgan fingerprint density at radius 1 is 1.08 bits per heavy atom. The summed E-state index contributed by atoms with van der Waals surface area (Å²) in [5.74, 6) is 0.796. The predicted octanol–water partition coefficient (Wildman–Crippen LogP) is 3.92. The molecule has 5 nitrogen and oxygen atoms in total. The molecular weight excluding hydrogens is 318 g/mol. The van der Waals surface area contributed by atoms with Crippen LogP contribution in [-0.4, -0.2) is 25.9 Å². The van der Waals surface area contributed by atoms with Crippen molar-refractivity contribution in [1.29, 1.82) is 0 Å². The lowest BCUT2D eigenvalue weighted by atomic mass is 10.2. The van der Waals surface area contributed by atoms with Gasteiger partial charge in [0, 0.05) is 6.54 Å². The first-order valence-corrected chi connectivity index (χ1v) is 8.40. The van der Waals surface area contributed by atoms with Crippen LogP contribution < -0.4 is 10.1 Å². The van der Waals surface area contributed by atoms with E-state index in [1.165, 1.54) is 0 Å². The summed E-state index contributed by atoms with van der Waals surface area (Å²) in [6, 6.07) is 17.4. The number of ether oxygens (including phenoxy) is 3. The highest BCUT2D eigenvalue weighted by Crippen LogP contribution is 2.13. The molecule has 0 saturated heterocycles. The second-order valence-corrected chi connectivity index (χ2v) is 5.64. The monoisotopic (exact) mass is 343 g/mol. The zero-order valence-electron chi connectivity index (χ0n) is 14.7. The Labute approximate surface area is 148 Å². The number of carbonyl (C=O) groups is 1. The van der Waals surface area contributed by atoms with Crippen LogP contribution >= 0.6 is 0 Å². The van der Waals surface area contributed by atoms with E-state index in [4.69, 9.17) is 14.2 Å². The average Bonchev–Trinajstić information content (AvgIpc) is 2.66. The zero-order valence-corrected chi connectivity index (χ0v) is 14.7. The van der Waals surface area contributed by atoms with E-state index in [-0.39, 0.29) is 6.10 Å². The molecule has 134 valence electrons. The second kappa shape index (κ2) is 10.4. The molecule has 0 heterocycles. The molecule has 2 aromatic rings. The highest BCUT2D eigenvalue weighted by atomic mass is 16.6. The summed E-state index contributed by atoms with van der Waals surface area (Å²) >= 11 is 0. The Kier molecular flexibility index (Phi) is 7.79. The maximum atomic E-state index is 11.9. The fraction of sp³-hybridized carbons (Fsp3) is 0.350. The molecule has 2 aromatic carbocycles. The average molecular weight is 343 g/mol. The normalized spacial score (nSPS) is 11.6. The first-order valence-electron chi connectivity index (χ1n) is 8.40. The molecule has 0 aliphatic rings. The van der Waals surface area contributed by atoms with Crippen LogP contribution in [0, 0.1) is 0 Å².